The molecule has 0 saturated heterocycles. The number of anilines is 1. The maximum absolute atomic E-state index is 13.2. The first-order chi connectivity index (χ1) is 9.31. The number of ether oxygens (including phenoxy) is 1. The maximum Gasteiger partial charge on any atom is 0.412 e. The number of carbonyl (C=O) groups is 1. The van der Waals surface area contributed by atoms with E-state index in [2.05, 4.69) is 10.3 Å². The number of benzene rings is 1. The van der Waals surface area contributed by atoms with Crippen molar-refractivity contribution in [2.75, 3.05) is 11.9 Å². The SMILES string of the molecule is CC(C)(C)OC(=O)Nc1ccc(F)cc1CCN=C=O. The molecular formula is C14H17FN2O3. The van der Waals surface area contributed by atoms with E-state index in [0.29, 0.717) is 17.7 Å². The second-order valence-corrected chi connectivity index (χ2v) is 5.15. The molecule has 0 fully saturated rings. The first kappa shape index (κ1) is 15.9. The zero-order valence-corrected chi connectivity index (χ0v) is 11.7. The zero-order chi connectivity index (χ0) is 15.2. The maximum atomic E-state index is 13.2. The Morgan fingerprint density at radius 1 is 1.45 bits per heavy atom. The molecule has 0 aliphatic carbocycles. The molecule has 0 aliphatic heterocycles. The van der Waals surface area contributed by atoms with Crippen LogP contribution in [0.2, 0.25) is 0 Å². The summed E-state index contributed by atoms with van der Waals surface area (Å²) >= 11 is 0. The standard InChI is InChI=1S/C14H17FN2O3/c1-14(2,3)20-13(19)17-12-5-4-11(15)8-10(12)6-7-16-9-18/h4-5,8H,6-7H2,1-3H3,(H,17,19). The van der Waals surface area contributed by atoms with Crippen LogP contribution < -0.4 is 5.32 Å². The molecule has 1 aromatic carbocycles. The number of aliphatic imine (C=N–C) groups is 1. The summed E-state index contributed by atoms with van der Waals surface area (Å²) in [5.41, 5.74) is 0.350. The molecule has 1 amide bonds. The molecule has 108 valence electrons. The van der Waals surface area contributed by atoms with Crippen LogP contribution in [0, 0.1) is 5.82 Å². The Balaban J connectivity index is 2.82. The topological polar surface area (TPSA) is 67.8 Å². The molecule has 0 atom stereocenters. The first-order valence-electron chi connectivity index (χ1n) is 6.14. The van der Waals surface area contributed by atoms with E-state index in [4.69, 9.17) is 4.74 Å². The van der Waals surface area contributed by atoms with Crippen LogP contribution in [0.25, 0.3) is 0 Å². The number of halogens is 1. The monoisotopic (exact) mass is 280 g/mol. The summed E-state index contributed by atoms with van der Waals surface area (Å²) in [6.07, 6.45) is 1.11. The second-order valence-electron chi connectivity index (χ2n) is 5.15. The van der Waals surface area contributed by atoms with Gasteiger partial charge in [0.05, 0.1) is 6.54 Å². The van der Waals surface area contributed by atoms with Crippen LogP contribution in [0.1, 0.15) is 26.3 Å². The van der Waals surface area contributed by atoms with Crippen molar-refractivity contribution in [1.29, 1.82) is 0 Å². The number of hydrogen-bond acceptors (Lipinski definition) is 4. The number of carbonyl (C=O) groups excluding carboxylic acids is 2. The molecule has 0 spiro atoms. The van der Waals surface area contributed by atoms with Gasteiger partial charge in [-0.1, -0.05) is 0 Å². The zero-order valence-electron chi connectivity index (χ0n) is 11.7. The van der Waals surface area contributed by atoms with Crippen molar-refractivity contribution in [2.24, 2.45) is 4.99 Å². The lowest BCUT2D eigenvalue weighted by atomic mass is 10.1. The van der Waals surface area contributed by atoms with Gasteiger partial charge in [-0.05, 0) is 51.0 Å². The fourth-order valence-corrected chi connectivity index (χ4v) is 1.53. The summed E-state index contributed by atoms with van der Waals surface area (Å²) in [5, 5.41) is 2.55. The average molecular weight is 280 g/mol. The van der Waals surface area contributed by atoms with Gasteiger partial charge in [0.15, 0.2) is 0 Å². The molecule has 20 heavy (non-hydrogen) atoms. The average Bonchev–Trinajstić information content (AvgIpc) is 2.30. The van der Waals surface area contributed by atoms with Gasteiger partial charge in [-0.15, -0.1) is 0 Å². The van der Waals surface area contributed by atoms with Crippen LogP contribution in [0.15, 0.2) is 23.2 Å². The number of rotatable bonds is 4. The molecule has 0 heterocycles. The van der Waals surface area contributed by atoms with Crippen molar-refractivity contribution in [2.45, 2.75) is 32.8 Å². The Morgan fingerprint density at radius 3 is 2.75 bits per heavy atom. The minimum absolute atomic E-state index is 0.177. The Hall–Kier alpha value is -2.20. The van der Waals surface area contributed by atoms with Gasteiger partial charge in [0.2, 0.25) is 6.08 Å². The molecule has 0 aliphatic rings. The molecule has 5 nitrogen and oxygen atoms in total. The minimum atomic E-state index is -0.621. The molecule has 0 aromatic heterocycles. The number of nitrogens with zero attached hydrogens (tertiary/aromatic N) is 1. The Labute approximate surface area is 116 Å². The van der Waals surface area contributed by atoms with E-state index in [1.165, 1.54) is 24.3 Å². The fourth-order valence-electron chi connectivity index (χ4n) is 1.53. The van der Waals surface area contributed by atoms with Gasteiger partial charge >= 0.3 is 6.09 Å². The molecule has 6 heteroatoms. The van der Waals surface area contributed by atoms with Gasteiger partial charge in [0, 0.05) is 5.69 Å². The summed E-state index contributed by atoms with van der Waals surface area (Å²) in [5.74, 6) is -0.426. The van der Waals surface area contributed by atoms with Crippen molar-refractivity contribution in [1.82, 2.24) is 0 Å². The van der Waals surface area contributed by atoms with E-state index < -0.39 is 17.5 Å². The molecule has 0 unspecified atom stereocenters. The van der Waals surface area contributed by atoms with Crippen molar-refractivity contribution >= 4 is 17.9 Å². The second kappa shape index (κ2) is 6.82. The van der Waals surface area contributed by atoms with Gasteiger partial charge in [-0.25, -0.2) is 19.0 Å². The van der Waals surface area contributed by atoms with Crippen LogP contribution in [-0.4, -0.2) is 24.3 Å². The van der Waals surface area contributed by atoms with Crippen molar-refractivity contribution in [3.8, 4) is 0 Å². The molecule has 1 aromatic rings. The van der Waals surface area contributed by atoms with E-state index >= 15 is 0 Å². The molecule has 1 N–H and O–H groups in total. The normalized spacial score (nSPS) is 10.6. The molecule has 0 radical (unpaired) electrons. The van der Waals surface area contributed by atoms with Gasteiger partial charge in [0.25, 0.3) is 0 Å². The molecule has 0 bridgehead atoms. The summed E-state index contributed by atoms with van der Waals surface area (Å²) in [6, 6.07) is 3.96. The Morgan fingerprint density at radius 2 is 2.15 bits per heavy atom. The largest absolute Gasteiger partial charge is 0.444 e. The van der Waals surface area contributed by atoms with E-state index in [1.54, 1.807) is 20.8 Å². The highest BCUT2D eigenvalue weighted by Gasteiger charge is 2.17. The predicted octanol–water partition coefficient (Wildman–Crippen LogP) is 3.05. The summed E-state index contributed by atoms with van der Waals surface area (Å²) in [4.78, 5) is 25.1. The van der Waals surface area contributed by atoms with Crippen molar-refractivity contribution in [3.05, 3.63) is 29.6 Å². The molecule has 1 rings (SSSR count). The highest BCUT2D eigenvalue weighted by atomic mass is 19.1. The highest BCUT2D eigenvalue weighted by molar-refractivity contribution is 5.85. The lowest BCUT2D eigenvalue weighted by Crippen LogP contribution is -2.27. The number of amides is 1. The summed E-state index contributed by atoms with van der Waals surface area (Å²) < 4.78 is 18.3. The van der Waals surface area contributed by atoms with Crippen molar-refractivity contribution < 1.29 is 18.7 Å². The summed E-state index contributed by atoms with van der Waals surface area (Å²) in [6.45, 7) is 5.42. The number of hydrogen-bond donors (Lipinski definition) is 1. The third-order valence-electron chi connectivity index (χ3n) is 2.26. The van der Waals surface area contributed by atoms with Gasteiger partial charge in [-0.2, -0.15) is 0 Å². The lowest BCUT2D eigenvalue weighted by molar-refractivity contribution is 0.0635. The van der Waals surface area contributed by atoms with E-state index in [9.17, 15) is 14.0 Å². The van der Waals surface area contributed by atoms with Crippen LogP contribution >= 0.6 is 0 Å². The van der Waals surface area contributed by atoms with Crippen molar-refractivity contribution in [3.63, 3.8) is 0 Å². The van der Waals surface area contributed by atoms with E-state index in [1.807, 2.05) is 0 Å². The third-order valence-corrected chi connectivity index (χ3v) is 2.26. The van der Waals surface area contributed by atoms with Crippen LogP contribution in [0.3, 0.4) is 0 Å². The minimum Gasteiger partial charge on any atom is -0.444 e. The molecular weight excluding hydrogens is 263 g/mol. The number of nitrogens with one attached hydrogen (secondary N) is 1. The van der Waals surface area contributed by atoms with E-state index in [-0.39, 0.29) is 6.54 Å². The number of isocyanates is 1. The van der Waals surface area contributed by atoms with Crippen LogP contribution in [0.5, 0.6) is 0 Å². The van der Waals surface area contributed by atoms with Gasteiger partial charge in [0.1, 0.15) is 11.4 Å². The van der Waals surface area contributed by atoms with Crippen LogP contribution in [0.4, 0.5) is 14.9 Å². The molecule has 0 saturated carbocycles. The first-order valence-corrected chi connectivity index (χ1v) is 6.14. The lowest BCUT2D eigenvalue weighted by Gasteiger charge is -2.20. The predicted molar refractivity (Wildman–Crippen MR) is 72.9 cm³/mol. The third kappa shape index (κ3) is 5.63. The van der Waals surface area contributed by atoms with Crippen LogP contribution in [-0.2, 0) is 16.0 Å². The Bertz CT molecular complexity index is 532. The fraction of sp³-hybridized carbons (Fsp3) is 0.429. The van der Waals surface area contributed by atoms with Gasteiger partial charge < -0.3 is 4.74 Å². The van der Waals surface area contributed by atoms with Gasteiger partial charge in [-0.3, -0.25) is 5.32 Å². The highest BCUT2D eigenvalue weighted by Crippen LogP contribution is 2.19. The quantitative estimate of drug-likeness (QED) is 0.680. The Kier molecular flexibility index (Phi) is 5.41. The smallest absolute Gasteiger partial charge is 0.412 e. The summed E-state index contributed by atoms with van der Waals surface area (Å²) in [7, 11) is 0. The van der Waals surface area contributed by atoms with E-state index in [0.717, 1.165) is 0 Å².